The number of ether oxygens (including phenoxy) is 1. The van der Waals surface area contributed by atoms with Crippen molar-refractivity contribution in [3.8, 4) is 0 Å². The number of hydrogen-bond donors (Lipinski definition) is 1. The molecule has 25 heavy (non-hydrogen) atoms. The van der Waals surface area contributed by atoms with Crippen molar-refractivity contribution in [3.63, 3.8) is 0 Å². The Morgan fingerprint density at radius 1 is 1.32 bits per heavy atom. The summed E-state index contributed by atoms with van der Waals surface area (Å²) in [6.07, 6.45) is -0.289. The number of benzene rings is 1. The van der Waals surface area contributed by atoms with Gasteiger partial charge in [0.15, 0.2) is 0 Å². The van der Waals surface area contributed by atoms with Crippen LogP contribution in [0, 0.1) is 3.57 Å². The van der Waals surface area contributed by atoms with Crippen molar-refractivity contribution in [2.75, 3.05) is 31.5 Å². The molecule has 0 radical (unpaired) electrons. The molecule has 1 saturated heterocycles. The van der Waals surface area contributed by atoms with Crippen molar-refractivity contribution in [1.29, 1.82) is 0 Å². The summed E-state index contributed by atoms with van der Waals surface area (Å²) in [6.45, 7) is 9.75. The number of nitrogens with one attached hydrogen (secondary N) is 1. The van der Waals surface area contributed by atoms with Crippen LogP contribution in [-0.4, -0.2) is 59.6 Å². The Labute approximate surface area is 163 Å². The van der Waals surface area contributed by atoms with Gasteiger partial charge in [-0.3, -0.25) is 9.69 Å². The summed E-state index contributed by atoms with van der Waals surface area (Å²) in [6, 6.07) is 7.71. The van der Waals surface area contributed by atoms with Gasteiger partial charge >= 0.3 is 6.09 Å². The molecule has 1 aliphatic rings. The number of hydrogen-bond acceptors (Lipinski definition) is 4. The zero-order valence-electron chi connectivity index (χ0n) is 15.2. The molecule has 138 valence electrons. The number of anilines is 1. The van der Waals surface area contributed by atoms with E-state index in [1.54, 1.807) is 4.90 Å². The summed E-state index contributed by atoms with van der Waals surface area (Å²) in [5.41, 5.74) is 0.304. The van der Waals surface area contributed by atoms with E-state index in [0.29, 0.717) is 26.2 Å². The number of amides is 2. The zero-order valence-corrected chi connectivity index (χ0v) is 17.4. The third-order valence-corrected chi connectivity index (χ3v) is 4.49. The molecule has 0 aliphatic carbocycles. The van der Waals surface area contributed by atoms with Gasteiger partial charge in [0.2, 0.25) is 5.91 Å². The van der Waals surface area contributed by atoms with Gasteiger partial charge in [-0.1, -0.05) is 6.07 Å². The Bertz CT molecular complexity index is 630. The maximum Gasteiger partial charge on any atom is 0.410 e. The Morgan fingerprint density at radius 2 is 2.04 bits per heavy atom. The Kier molecular flexibility index (Phi) is 6.67. The lowest BCUT2D eigenvalue weighted by Gasteiger charge is -2.39. The molecule has 1 N–H and O–H groups in total. The number of piperazine rings is 1. The predicted molar refractivity (Wildman–Crippen MR) is 107 cm³/mol. The van der Waals surface area contributed by atoms with Gasteiger partial charge in [0.1, 0.15) is 5.60 Å². The van der Waals surface area contributed by atoms with Gasteiger partial charge in [0, 0.05) is 34.9 Å². The van der Waals surface area contributed by atoms with E-state index in [1.165, 1.54) is 0 Å². The first-order valence-corrected chi connectivity index (χ1v) is 9.49. The fraction of sp³-hybridized carbons (Fsp3) is 0.556. The van der Waals surface area contributed by atoms with E-state index in [9.17, 15) is 9.59 Å². The maximum atomic E-state index is 12.2. The van der Waals surface area contributed by atoms with Crippen LogP contribution in [0.2, 0.25) is 0 Å². The van der Waals surface area contributed by atoms with Crippen LogP contribution < -0.4 is 5.32 Å². The lowest BCUT2D eigenvalue weighted by Crippen LogP contribution is -2.56. The van der Waals surface area contributed by atoms with E-state index in [4.69, 9.17) is 4.74 Å². The summed E-state index contributed by atoms with van der Waals surface area (Å²) >= 11 is 2.22. The molecule has 6 nitrogen and oxygen atoms in total. The van der Waals surface area contributed by atoms with Gasteiger partial charge in [0.25, 0.3) is 0 Å². The molecule has 0 saturated carbocycles. The van der Waals surface area contributed by atoms with Crippen molar-refractivity contribution in [2.24, 2.45) is 0 Å². The average Bonchev–Trinajstić information content (AvgIpc) is 2.45. The Balaban J connectivity index is 1.84. The zero-order chi connectivity index (χ0) is 18.6. The molecule has 2 amide bonds. The second-order valence-corrected chi connectivity index (χ2v) is 8.56. The summed E-state index contributed by atoms with van der Waals surface area (Å²) in [7, 11) is 0. The van der Waals surface area contributed by atoms with Gasteiger partial charge in [0.05, 0.1) is 6.54 Å². The Hall–Kier alpha value is -1.35. The van der Waals surface area contributed by atoms with Crippen LogP contribution in [0.1, 0.15) is 27.7 Å². The van der Waals surface area contributed by atoms with Crippen molar-refractivity contribution >= 4 is 40.3 Å². The topological polar surface area (TPSA) is 61.9 Å². The number of carbonyl (C=O) groups is 2. The van der Waals surface area contributed by atoms with Crippen LogP contribution in [0.25, 0.3) is 0 Å². The second kappa shape index (κ2) is 8.35. The molecule has 1 aliphatic heterocycles. The number of halogens is 1. The maximum absolute atomic E-state index is 12.2. The number of rotatable bonds is 3. The van der Waals surface area contributed by atoms with Crippen molar-refractivity contribution in [3.05, 3.63) is 27.8 Å². The lowest BCUT2D eigenvalue weighted by molar-refractivity contribution is -0.117. The van der Waals surface area contributed by atoms with Crippen LogP contribution >= 0.6 is 22.6 Å². The fourth-order valence-electron chi connectivity index (χ4n) is 2.74. The molecule has 7 heteroatoms. The molecule has 0 aromatic heterocycles. The van der Waals surface area contributed by atoms with Gasteiger partial charge in [-0.2, -0.15) is 0 Å². The van der Waals surface area contributed by atoms with Gasteiger partial charge in [-0.25, -0.2) is 4.79 Å². The molecule has 0 spiro atoms. The molecule has 1 unspecified atom stereocenters. The molecule has 1 atom stereocenters. The van der Waals surface area contributed by atoms with E-state index < -0.39 is 5.60 Å². The molecule has 2 rings (SSSR count). The highest BCUT2D eigenvalue weighted by molar-refractivity contribution is 14.1. The van der Waals surface area contributed by atoms with Crippen LogP contribution in [0.15, 0.2) is 24.3 Å². The summed E-state index contributed by atoms with van der Waals surface area (Å²) in [4.78, 5) is 28.3. The standard InChI is InChI=1S/C18H26IN3O3/c1-13-11-21(8-9-22(13)17(24)25-18(2,3)4)12-16(23)20-15-7-5-6-14(19)10-15/h5-7,10,13H,8-9,11-12H2,1-4H3,(H,20,23). The van der Waals surface area contributed by atoms with Crippen LogP contribution in [0.4, 0.5) is 10.5 Å². The smallest absolute Gasteiger partial charge is 0.410 e. The molecule has 1 aromatic carbocycles. The van der Waals surface area contributed by atoms with Gasteiger partial charge < -0.3 is 15.0 Å². The first-order chi connectivity index (χ1) is 11.6. The molecular weight excluding hydrogens is 433 g/mol. The summed E-state index contributed by atoms with van der Waals surface area (Å²) in [5.74, 6) is -0.0417. The summed E-state index contributed by atoms with van der Waals surface area (Å²) in [5, 5.41) is 2.92. The molecule has 0 bridgehead atoms. The molecule has 1 heterocycles. The predicted octanol–water partition coefficient (Wildman–Crippen LogP) is 3.17. The normalized spacial score (nSPS) is 18.8. The highest BCUT2D eigenvalue weighted by Crippen LogP contribution is 2.16. The van der Waals surface area contributed by atoms with Crippen molar-refractivity contribution in [1.82, 2.24) is 9.80 Å². The van der Waals surface area contributed by atoms with E-state index >= 15 is 0 Å². The molecular formula is C18H26IN3O3. The third-order valence-electron chi connectivity index (χ3n) is 3.82. The van der Waals surface area contributed by atoms with E-state index in [1.807, 2.05) is 52.0 Å². The second-order valence-electron chi connectivity index (χ2n) is 7.32. The van der Waals surface area contributed by atoms with Crippen molar-refractivity contribution < 1.29 is 14.3 Å². The van der Waals surface area contributed by atoms with Crippen molar-refractivity contribution in [2.45, 2.75) is 39.3 Å². The highest BCUT2D eigenvalue weighted by atomic mass is 127. The van der Waals surface area contributed by atoms with Crippen LogP contribution in [-0.2, 0) is 9.53 Å². The number of nitrogens with zero attached hydrogens (tertiary/aromatic N) is 2. The third kappa shape index (κ3) is 6.47. The van der Waals surface area contributed by atoms with Gasteiger partial charge in [-0.15, -0.1) is 0 Å². The Morgan fingerprint density at radius 3 is 2.64 bits per heavy atom. The average molecular weight is 459 g/mol. The summed E-state index contributed by atoms with van der Waals surface area (Å²) < 4.78 is 6.52. The first kappa shape index (κ1) is 20.0. The first-order valence-electron chi connectivity index (χ1n) is 8.41. The molecule has 1 aromatic rings. The van der Waals surface area contributed by atoms with Crippen LogP contribution in [0.5, 0.6) is 0 Å². The number of carbonyl (C=O) groups excluding carboxylic acids is 2. The quantitative estimate of drug-likeness (QED) is 0.706. The molecule has 1 fully saturated rings. The van der Waals surface area contributed by atoms with E-state index in [-0.39, 0.29) is 18.0 Å². The van der Waals surface area contributed by atoms with Gasteiger partial charge in [-0.05, 0) is 68.5 Å². The minimum absolute atomic E-state index is 0.00840. The monoisotopic (exact) mass is 459 g/mol. The highest BCUT2D eigenvalue weighted by Gasteiger charge is 2.31. The minimum atomic E-state index is -0.499. The van der Waals surface area contributed by atoms with E-state index in [0.717, 1.165) is 9.26 Å². The fourth-order valence-corrected chi connectivity index (χ4v) is 3.28. The van der Waals surface area contributed by atoms with Crippen LogP contribution in [0.3, 0.4) is 0 Å². The minimum Gasteiger partial charge on any atom is -0.444 e. The lowest BCUT2D eigenvalue weighted by atomic mass is 10.2. The SMILES string of the molecule is CC1CN(CC(=O)Nc2cccc(I)c2)CCN1C(=O)OC(C)(C)C. The van der Waals surface area contributed by atoms with E-state index in [2.05, 4.69) is 32.8 Å². The largest absolute Gasteiger partial charge is 0.444 e.